The molecule has 0 saturated heterocycles. The topological polar surface area (TPSA) is 53.9 Å². The summed E-state index contributed by atoms with van der Waals surface area (Å²) in [4.78, 5) is 19.5. The molecular weight excluding hydrogens is 562 g/mol. The van der Waals surface area contributed by atoms with Crippen molar-refractivity contribution in [3.05, 3.63) is 54.4 Å². The molecule has 2 unspecified atom stereocenters. The molecule has 2 atom stereocenters. The van der Waals surface area contributed by atoms with Crippen LogP contribution in [0.5, 0.6) is 0 Å². The fourth-order valence-corrected chi connectivity index (χ4v) is 5.67. The first kappa shape index (κ1) is 26.8. The molecule has 0 radical (unpaired) electrons. The quantitative estimate of drug-likeness (QED) is 0.326. The normalized spacial score (nSPS) is 20.8. The van der Waals surface area contributed by atoms with Crippen molar-refractivity contribution in [2.24, 2.45) is 5.16 Å². The van der Waals surface area contributed by atoms with Gasteiger partial charge in [-0.2, -0.15) is 26.3 Å². The monoisotopic (exact) mass is 577 g/mol. The summed E-state index contributed by atoms with van der Waals surface area (Å²) in [5, 5.41) is 4.34. The fraction of sp³-hybridized carbons (Fsp3) is 0.429. The molecule has 36 heavy (non-hydrogen) atoms. The number of hydrogen-bond acceptors (Lipinski definition) is 5. The van der Waals surface area contributed by atoms with Crippen LogP contribution in [-0.4, -0.2) is 35.0 Å². The Morgan fingerprint density at radius 1 is 1.19 bits per heavy atom. The SMILES string of the molecule is Cc1c(C(=O)NC(C)C(F)(F)F)sc2c1CN(C1=NOC(c3cc(Cl)c(F)c(Cl)c3)(C(F)(F)F)C1)C2. The highest BCUT2D eigenvalue weighted by Crippen LogP contribution is 2.50. The van der Waals surface area contributed by atoms with Crippen molar-refractivity contribution >= 4 is 46.3 Å². The molecular formula is C21H16Cl2F7N3O2S. The lowest BCUT2D eigenvalue weighted by molar-refractivity contribution is -0.275. The number of alkyl halides is 6. The van der Waals surface area contributed by atoms with Gasteiger partial charge in [0.25, 0.3) is 11.5 Å². The first-order chi connectivity index (χ1) is 16.5. The number of carbonyl (C=O) groups is 1. The van der Waals surface area contributed by atoms with E-state index in [1.54, 1.807) is 6.92 Å². The number of nitrogens with one attached hydrogen (secondary N) is 1. The minimum Gasteiger partial charge on any atom is -0.372 e. The number of benzene rings is 1. The van der Waals surface area contributed by atoms with E-state index in [1.165, 1.54) is 4.90 Å². The Hall–Kier alpha value is -2.25. The summed E-state index contributed by atoms with van der Waals surface area (Å²) in [6, 6.07) is -0.481. The van der Waals surface area contributed by atoms with E-state index in [0.29, 0.717) is 16.0 Å². The van der Waals surface area contributed by atoms with Gasteiger partial charge in [0.2, 0.25) is 0 Å². The Kier molecular flexibility index (Phi) is 6.66. The molecule has 1 aromatic heterocycles. The summed E-state index contributed by atoms with van der Waals surface area (Å²) in [6.07, 6.45) is -10.3. The van der Waals surface area contributed by atoms with Gasteiger partial charge in [0, 0.05) is 17.0 Å². The molecule has 0 aliphatic carbocycles. The van der Waals surface area contributed by atoms with Gasteiger partial charge in [-0.25, -0.2) is 4.39 Å². The summed E-state index contributed by atoms with van der Waals surface area (Å²) in [6.45, 7) is 2.52. The van der Waals surface area contributed by atoms with Crippen molar-refractivity contribution in [3.8, 4) is 0 Å². The van der Waals surface area contributed by atoms with Gasteiger partial charge in [-0.15, -0.1) is 11.3 Å². The first-order valence-corrected chi connectivity index (χ1v) is 11.8. The number of hydrogen-bond donors (Lipinski definition) is 1. The van der Waals surface area contributed by atoms with Crippen LogP contribution in [0.4, 0.5) is 30.7 Å². The summed E-state index contributed by atoms with van der Waals surface area (Å²) < 4.78 is 94.8. The number of oxime groups is 1. The summed E-state index contributed by atoms with van der Waals surface area (Å²) >= 11 is 12.4. The average Bonchev–Trinajstić information content (AvgIpc) is 3.45. The van der Waals surface area contributed by atoms with E-state index >= 15 is 0 Å². The van der Waals surface area contributed by atoms with Gasteiger partial charge in [-0.1, -0.05) is 28.4 Å². The van der Waals surface area contributed by atoms with Gasteiger partial charge < -0.3 is 15.1 Å². The maximum absolute atomic E-state index is 14.2. The Bertz CT molecular complexity index is 1240. The van der Waals surface area contributed by atoms with Crippen molar-refractivity contribution in [3.63, 3.8) is 0 Å². The third-order valence-corrected chi connectivity index (χ3v) is 7.94. The molecule has 2 aliphatic rings. The molecule has 3 heterocycles. The second-order valence-corrected chi connectivity index (χ2v) is 10.3. The van der Waals surface area contributed by atoms with Gasteiger partial charge in [0.15, 0.2) is 5.82 Å². The zero-order valence-electron chi connectivity index (χ0n) is 18.4. The number of carbonyl (C=O) groups excluding carboxylic acids is 1. The van der Waals surface area contributed by atoms with E-state index in [1.807, 2.05) is 5.32 Å². The zero-order chi connectivity index (χ0) is 26.8. The first-order valence-electron chi connectivity index (χ1n) is 10.3. The summed E-state index contributed by atoms with van der Waals surface area (Å²) in [5.74, 6) is -2.00. The standard InChI is InChI=1S/C21H16Cl2F7N3O2S/c1-8-11-6-33(7-14(11)36-17(8)18(34)31-9(2)20(25,26)27)15-5-19(35-32-15,21(28,29)30)10-3-12(22)16(24)13(23)4-10/h3-4,9H,5-7H2,1-2H3,(H,31,34). The van der Waals surface area contributed by atoms with Crippen LogP contribution in [0.1, 0.15) is 44.6 Å². The number of nitrogens with zero attached hydrogens (tertiary/aromatic N) is 2. The third-order valence-electron chi connectivity index (χ3n) is 6.07. The van der Waals surface area contributed by atoms with E-state index < -0.39 is 57.7 Å². The Labute approximate surface area is 213 Å². The van der Waals surface area contributed by atoms with Crippen LogP contribution in [0.2, 0.25) is 10.0 Å². The van der Waals surface area contributed by atoms with Crippen LogP contribution in [0.15, 0.2) is 17.3 Å². The molecule has 1 aromatic carbocycles. The van der Waals surface area contributed by atoms with Crippen LogP contribution < -0.4 is 5.32 Å². The van der Waals surface area contributed by atoms with Gasteiger partial charge >= 0.3 is 12.4 Å². The van der Waals surface area contributed by atoms with E-state index in [0.717, 1.165) is 30.4 Å². The van der Waals surface area contributed by atoms with E-state index in [2.05, 4.69) is 5.16 Å². The van der Waals surface area contributed by atoms with Crippen LogP contribution >= 0.6 is 34.5 Å². The molecule has 196 valence electrons. The fourth-order valence-electron chi connectivity index (χ4n) is 3.95. The van der Waals surface area contributed by atoms with E-state index in [-0.39, 0.29) is 23.8 Å². The molecule has 0 spiro atoms. The highest BCUT2D eigenvalue weighted by Gasteiger charge is 2.63. The largest absolute Gasteiger partial charge is 0.435 e. The molecule has 2 aromatic rings. The minimum atomic E-state index is -4.97. The second kappa shape index (κ2) is 8.95. The zero-order valence-corrected chi connectivity index (χ0v) is 20.7. The number of amidine groups is 1. The Balaban J connectivity index is 1.55. The highest BCUT2D eigenvalue weighted by molar-refractivity contribution is 7.14. The van der Waals surface area contributed by atoms with Crippen molar-refractivity contribution in [2.45, 2.75) is 57.4 Å². The molecule has 0 saturated carbocycles. The lowest BCUT2D eigenvalue weighted by Crippen LogP contribution is -2.44. The Morgan fingerprint density at radius 2 is 1.81 bits per heavy atom. The predicted molar refractivity (Wildman–Crippen MR) is 119 cm³/mol. The van der Waals surface area contributed by atoms with Gasteiger partial charge in [0.05, 0.1) is 27.9 Å². The lowest BCUT2D eigenvalue weighted by atomic mass is 9.89. The summed E-state index contributed by atoms with van der Waals surface area (Å²) in [5.41, 5.74) is -2.42. The average molecular weight is 578 g/mol. The van der Waals surface area contributed by atoms with Crippen molar-refractivity contribution in [1.29, 1.82) is 0 Å². The number of amides is 1. The van der Waals surface area contributed by atoms with Gasteiger partial charge in [-0.05, 0) is 37.1 Å². The van der Waals surface area contributed by atoms with Gasteiger partial charge in [0.1, 0.15) is 11.9 Å². The van der Waals surface area contributed by atoms with Crippen molar-refractivity contribution < 1.29 is 40.4 Å². The Morgan fingerprint density at radius 3 is 2.33 bits per heavy atom. The van der Waals surface area contributed by atoms with E-state index in [9.17, 15) is 35.5 Å². The molecule has 4 rings (SSSR count). The maximum atomic E-state index is 14.2. The maximum Gasteiger partial charge on any atom is 0.435 e. The van der Waals surface area contributed by atoms with E-state index in [4.69, 9.17) is 28.0 Å². The molecule has 0 bridgehead atoms. The van der Waals surface area contributed by atoms with Crippen molar-refractivity contribution in [2.75, 3.05) is 0 Å². The smallest absolute Gasteiger partial charge is 0.372 e. The lowest BCUT2D eigenvalue weighted by Gasteiger charge is -2.30. The molecule has 1 N–H and O–H groups in total. The second-order valence-electron chi connectivity index (χ2n) is 8.40. The van der Waals surface area contributed by atoms with Gasteiger partial charge in [-0.3, -0.25) is 4.79 Å². The predicted octanol–water partition coefficient (Wildman–Crippen LogP) is 6.69. The van der Waals surface area contributed by atoms with Crippen LogP contribution in [-0.2, 0) is 23.5 Å². The molecule has 1 amide bonds. The minimum absolute atomic E-state index is 0.0524. The summed E-state index contributed by atoms with van der Waals surface area (Å²) in [7, 11) is 0. The number of halogens is 9. The highest BCUT2D eigenvalue weighted by atomic mass is 35.5. The molecule has 2 aliphatic heterocycles. The third kappa shape index (κ3) is 4.49. The van der Waals surface area contributed by atoms with Crippen LogP contribution in [0, 0.1) is 12.7 Å². The molecule has 15 heteroatoms. The molecule has 0 fully saturated rings. The van der Waals surface area contributed by atoms with Crippen LogP contribution in [0.3, 0.4) is 0 Å². The number of fused-ring (bicyclic) bond motifs is 1. The van der Waals surface area contributed by atoms with Crippen molar-refractivity contribution in [1.82, 2.24) is 10.2 Å². The molecule has 5 nitrogen and oxygen atoms in total. The number of rotatable bonds is 3. The van der Waals surface area contributed by atoms with Crippen LogP contribution in [0.25, 0.3) is 0 Å². The number of thiophene rings is 1.